The van der Waals surface area contributed by atoms with Crippen molar-refractivity contribution in [2.24, 2.45) is 0 Å². The maximum Gasteiger partial charge on any atom is 0.231 e. The first-order chi connectivity index (χ1) is 18.1. The van der Waals surface area contributed by atoms with Gasteiger partial charge in [0.15, 0.2) is 0 Å². The molecule has 0 bridgehead atoms. The summed E-state index contributed by atoms with van der Waals surface area (Å²) in [5, 5.41) is 2.91. The number of nitrogens with one attached hydrogen (secondary N) is 1. The second kappa shape index (κ2) is 12.4. The first-order valence-electron chi connectivity index (χ1n) is 11.9. The lowest BCUT2D eigenvalue weighted by Gasteiger charge is -2.23. The van der Waals surface area contributed by atoms with Crippen molar-refractivity contribution in [1.82, 2.24) is 4.98 Å². The lowest BCUT2D eigenvalue weighted by molar-refractivity contribution is -0.118. The zero-order valence-electron chi connectivity index (χ0n) is 20.9. The van der Waals surface area contributed by atoms with Crippen molar-refractivity contribution < 1.29 is 19.1 Å². The third kappa shape index (κ3) is 6.73. The van der Waals surface area contributed by atoms with E-state index in [2.05, 4.69) is 10.3 Å². The molecule has 3 aromatic carbocycles. The summed E-state index contributed by atoms with van der Waals surface area (Å²) in [6.07, 6.45) is 2.07. The van der Waals surface area contributed by atoms with E-state index < -0.39 is 0 Å². The highest BCUT2D eigenvalue weighted by molar-refractivity contribution is 5.96. The molecule has 4 aromatic rings. The fourth-order valence-electron chi connectivity index (χ4n) is 4.04. The van der Waals surface area contributed by atoms with Crippen molar-refractivity contribution in [1.29, 1.82) is 0 Å². The van der Waals surface area contributed by atoms with Crippen LogP contribution in [-0.4, -0.2) is 31.0 Å². The van der Waals surface area contributed by atoms with E-state index in [-0.39, 0.29) is 24.7 Å². The molecule has 0 spiro atoms. The molecule has 0 aliphatic rings. The number of rotatable bonds is 10. The maximum absolute atomic E-state index is 13.5. The molecule has 1 heterocycles. The van der Waals surface area contributed by atoms with Crippen molar-refractivity contribution in [3.63, 3.8) is 0 Å². The molecule has 7 nitrogen and oxygen atoms in total. The fourth-order valence-corrected chi connectivity index (χ4v) is 4.04. The number of carbonyl (C=O) groups excluding carboxylic acids is 2. The Hall–Kier alpha value is -4.65. The molecule has 0 unspecified atom stereocenters. The van der Waals surface area contributed by atoms with E-state index in [0.717, 1.165) is 16.8 Å². The zero-order valence-corrected chi connectivity index (χ0v) is 20.9. The summed E-state index contributed by atoms with van der Waals surface area (Å²) in [5.41, 5.74) is 3.72. The van der Waals surface area contributed by atoms with E-state index in [1.165, 1.54) is 0 Å². The van der Waals surface area contributed by atoms with Crippen LogP contribution >= 0.6 is 0 Å². The van der Waals surface area contributed by atoms with Crippen molar-refractivity contribution in [3.8, 4) is 11.5 Å². The van der Waals surface area contributed by atoms with Gasteiger partial charge in [0.2, 0.25) is 11.8 Å². The van der Waals surface area contributed by atoms with Gasteiger partial charge in [0.25, 0.3) is 0 Å². The lowest BCUT2D eigenvalue weighted by Crippen LogP contribution is -2.32. The van der Waals surface area contributed by atoms with Crippen LogP contribution in [0.25, 0.3) is 0 Å². The molecule has 0 atom stereocenters. The normalized spacial score (nSPS) is 10.4. The average molecular weight is 496 g/mol. The van der Waals surface area contributed by atoms with Crippen LogP contribution in [0, 0.1) is 0 Å². The van der Waals surface area contributed by atoms with Crippen LogP contribution < -0.4 is 19.7 Å². The quantitative estimate of drug-likeness (QED) is 0.333. The largest absolute Gasteiger partial charge is 0.496 e. The van der Waals surface area contributed by atoms with Gasteiger partial charge >= 0.3 is 0 Å². The van der Waals surface area contributed by atoms with Gasteiger partial charge in [0.05, 0.1) is 39.3 Å². The van der Waals surface area contributed by atoms with Gasteiger partial charge in [-0.3, -0.25) is 14.6 Å². The molecule has 0 fully saturated rings. The third-order valence-corrected chi connectivity index (χ3v) is 5.89. The molecule has 0 saturated carbocycles. The topological polar surface area (TPSA) is 80.8 Å². The molecule has 0 saturated heterocycles. The summed E-state index contributed by atoms with van der Waals surface area (Å²) in [5.74, 6) is 1.09. The Labute approximate surface area is 216 Å². The number of anilines is 2. The third-order valence-electron chi connectivity index (χ3n) is 5.89. The molecule has 4 rings (SSSR count). The molecular weight excluding hydrogens is 466 g/mol. The summed E-state index contributed by atoms with van der Waals surface area (Å²) in [7, 11) is 3.18. The molecule has 1 N–H and O–H groups in total. The fraction of sp³-hybridized carbons (Fsp3) is 0.167. The highest BCUT2D eigenvalue weighted by Crippen LogP contribution is 2.24. The number of methoxy groups -OCH3 is 2. The van der Waals surface area contributed by atoms with E-state index in [9.17, 15) is 9.59 Å². The first-order valence-corrected chi connectivity index (χ1v) is 11.9. The van der Waals surface area contributed by atoms with Crippen LogP contribution in [0.1, 0.15) is 16.8 Å². The van der Waals surface area contributed by atoms with Gasteiger partial charge in [0, 0.05) is 28.7 Å². The molecule has 0 aliphatic heterocycles. The van der Waals surface area contributed by atoms with Gasteiger partial charge in [-0.25, -0.2) is 0 Å². The first kappa shape index (κ1) is 25.4. The highest BCUT2D eigenvalue weighted by atomic mass is 16.5. The van der Waals surface area contributed by atoms with Gasteiger partial charge in [-0.15, -0.1) is 0 Å². The smallest absolute Gasteiger partial charge is 0.231 e. The molecule has 1 aromatic heterocycles. The molecule has 0 aliphatic carbocycles. The van der Waals surface area contributed by atoms with E-state index in [4.69, 9.17) is 9.47 Å². The molecule has 2 amide bonds. The van der Waals surface area contributed by atoms with Crippen LogP contribution in [-0.2, 0) is 29.0 Å². The summed E-state index contributed by atoms with van der Waals surface area (Å²) >= 11 is 0. The monoisotopic (exact) mass is 495 g/mol. The van der Waals surface area contributed by atoms with Gasteiger partial charge in [-0.05, 0) is 48.5 Å². The Bertz CT molecular complexity index is 1340. The second-order valence-electron chi connectivity index (χ2n) is 8.37. The number of nitrogens with zero attached hydrogens (tertiary/aromatic N) is 2. The van der Waals surface area contributed by atoms with Crippen molar-refractivity contribution >= 4 is 23.2 Å². The molecule has 37 heavy (non-hydrogen) atoms. The number of para-hydroxylation sites is 2. The number of aromatic nitrogens is 1. The summed E-state index contributed by atoms with van der Waals surface area (Å²) in [6.45, 7) is 0.314. The zero-order chi connectivity index (χ0) is 26.0. The molecule has 188 valence electrons. The SMILES string of the molecule is COc1ccccc1CC(=O)Nc1ccc(N(Cc2ccccn2)C(=O)Cc2ccccc2OC)cc1. The number of ether oxygens (including phenoxy) is 2. The van der Waals surface area contributed by atoms with Crippen molar-refractivity contribution in [2.75, 3.05) is 24.4 Å². The average Bonchev–Trinajstić information content (AvgIpc) is 2.93. The maximum atomic E-state index is 13.5. The molecule has 0 radical (unpaired) electrons. The highest BCUT2D eigenvalue weighted by Gasteiger charge is 2.19. The van der Waals surface area contributed by atoms with Gasteiger partial charge in [0.1, 0.15) is 11.5 Å². The number of hydrogen-bond acceptors (Lipinski definition) is 5. The predicted octanol–water partition coefficient (Wildman–Crippen LogP) is 5.06. The standard InChI is InChI=1S/C30H29N3O4/c1-36-27-12-5-3-9-22(27)19-29(34)32-24-14-16-26(17-15-24)33(21-25-11-7-8-18-31-25)30(35)20-23-10-4-6-13-28(23)37-2/h3-18H,19-21H2,1-2H3,(H,32,34). The number of amides is 2. The number of hydrogen-bond donors (Lipinski definition) is 1. The van der Waals surface area contributed by atoms with Crippen LogP contribution in [0.3, 0.4) is 0 Å². The lowest BCUT2D eigenvalue weighted by atomic mass is 10.1. The predicted molar refractivity (Wildman–Crippen MR) is 144 cm³/mol. The Morgan fingerprint density at radius 1 is 0.757 bits per heavy atom. The van der Waals surface area contributed by atoms with Gasteiger partial charge in [-0.1, -0.05) is 42.5 Å². The van der Waals surface area contributed by atoms with Crippen LogP contribution in [0.15, 0.2) is 97.2 Å². The van der Waals surface area contributed by atoms with Crippen LogP contribution in [0.4, 0.5) is 11.4 Å². The van der Waals surface area contributed by atoms with E-state index in [1.807, 2.05) is 78.9 Å². The van der Waals surface area contributed by atoms with Crippen molar-refractivity contribution in [3.05, 3.63) is 114 Å². The van der Waals surface area contributed by atoms with Crippen LogP contribution in [0.2, 0.25) is 0 Å². The van der Waals surface area contributed by atoms with E-state index in [0.29, 0.717) is 29.4 Å². The Morgan fingerprint density at radius 2 is 1.35 bits per heavy atom. The summed E-state index contributed by atoms with van der Waals surface area (Å²) in [6, 6.07) is 27.8. The second-order valence-corrected chi connectivity index (χ2v) is 8.37. The van der Waals surface area contributed by atoms with Crippen LogP contribution in [0.5, 0.6) is 11.5 Å². The number of benzene rings is 3. The Kier molecular flexibility index (Phi) is 8.49. The number of carbonyl (C=O) groups is 2. The van der Waals surface area contributed by atoms with Gasteiger partial charge < -0.3 is 19.7 Å². The summed E-state index contributed by atoms with van der Waals surface area (Å²) in [4.78, 5) is 32.2. The molecular formula is C30H29N3O4. The minimum absolute atomic E-state index is 0.0943. The Morgan fingerprint density at radius 3 is 1.95 bits per heavy atom. The minimum atomic E-state index is -0.158. The minimum Gasteiger partial charge on any atom is -0.496 e. The Balaban J connectivity index is 1.51. The van der Waals surface area contributed by atoms with E-state index in [1.54, 1.807) is 37.4 Å². The van der Waals surface area contributed by atoms with Gasteiger partial charge in [-0.2, -0.15) is 0 Å². The summed E-state index contributed by atoms with van der Waals surface area (Å²) < 4.78 is 10.8. The van der Waals surface area contributed by atoms with E-state index >= 15 is 0 Å². The number of pyridine rings is 1. The molecule has 7 heteroatoms. The van der Waals surface area contributed by atoms with Crippen molar-refractivity contribution in [2.45, 2.75) is 19.4 Å².